The number of hydrogen-bond acceptors (Lipinski definition) is 3. The molecule has 2 atom stereocenters. The van der Waals surface area contributed by atoms with Gasteiger partial charge in [-0.3, -0.25) is 4.79 Å². The van der Waals surface area contributed by atoms with Crippen LogP contribution in [0.1, 0.15) is 37.7 Å². The molecule has 1 amide bonds. The predicted molar refractivity (Wildman–Crippen MR) is 81.6 cm³/mol. The quantitative estimate of drug-likeness (QED) is 0.855. The van der Waals surface area contributed by atoms with Crippen LogP contribution in [0.4, 0.5) is 5.69 Å². The highest BCUT2D eigenvalue weighted by Crippen LogP contribution is 2.34. The topological polar surface area (TPSA) is 38.8 Å². The molecule has 0 aromatic heterocycles. The molecule has 0 radical (unpaired) electrons. The zero-order valence-corrected chi connectivity index (χ0v) is 12.6. The minimum atomic E-state index is 0.0485. The van der Waals surface area contributed by atoms with E-state index in [1.807, 2.05) is 23.1 Å². The summed E-state index contributed by atoms with van der Waals surface area (Å²) in [6.45, 7) is 4.48. The molecule has 21 heavy (non-hydrogen) atoms. The summed E-state index contributed by atoms with van der Waals surface area (Å²) in [7, 11) is 0. The average molecular weight is 289 g/mol. The number of fused-ring (bicyclic) bond motifs is 1. The van der Waals surface area contributed by atoms with Gasteiger partial charge in [-0.15, -0.1) is 0 Å². The Hall–Kier alpha value is -1.39. The second-order valence-electron chi connectivity index (χ2n) is 5.94. The third-order valence-corrected chi connectivity index (χ3v) is 4.40. The van der Waals surface area contributed by atoms with Gasteiger partial charge in [-0.25, -0.2) is 0 Å². The maximum atomic E-state index is 12.4. The molecule has 1 saturated heterocycles. The van der Waals surface area contributed by atoms with E-state index in [4.69, 9.17) is 9.47 Å². The van der Waals surface area contributed by atoms with Gasteiger partial charge >= 0.3 is 0 Å². The van der Waals surface area contributed by atoms with Gasteiger partial charge in [0.15, 0.2) is 0 Å². The summed E-state index contributed by atoms with van der Waals surface area (Å²) in [6.07, 6.45) is 3.32. The van der Waals surface area contributed by atoms with Crippen molar-refractivity contribution in [2.75, 3.05) is 31.3 Å². The summed E-state index contributed by atoms with van der Waals surface area (Å²) in [5.41, 5.74) is 2.30. The minimum absolute atomic E-state index is 0.0485. The molecule has 114 valence electrons. The Morgan fingerprint density at radius 3 is 3.05 bits per heavy atom. The van der Waals surface area contributed by atoms with Gasteiger partial charge in [0.2, 0.25) is 0 Å². The van der Waals surface area contributed by atoms with Crippen molar-refractivity contribution in [3.63, 3.8) is 0 Å². The second-order valence-corrected chi connectivity index (χ2v) is 5.94. The summed E-state index contributed by atoms with van der Waals surface area (Å²) in [4.78, 5) is 14.3. The van der Waals surface area contributed by atoms with Crippen LogP contribution in [-0.4, -0.2) is 38.4 Å². The molecular formula is C17H23NO3. The summed E-state index contributed by atoms with van der Waals surface area (Å²) in [6, 6.07) is 8.18. The zero-order chi connectivity index (χ0) is 14.7. The lowest BCUT2D eigenvalue weighted by atomic mass is 9.91. The number of carbonyl (C=O) groups excluding carboxylic acids is 1. The summed E-state index contributed by atoms with van der Waals surface area (Å²) in [5, 5.41) is 0. The fraction of sp³-hybridized carbons (Fsp3) is 0.588. The Labute approximate surface area is 126 Å². The Bertz CT molecular complexity index is 497. The van der Waals surface area contributed by atoms with E-state index in [1.54, 1.807) is 0 Å². The number of carbonyl (C=O) groups is 1. The number of nitrogens with zero attached hydrogens (tertiary/aromatic N) is 1. The molecule has 0 bridgehead atoms. The van der Waals surface area contributed by atoms with Crippen molar-refractivity contribution in [2.45, 2.75) is 38.2 Å². The van der Waals surface area contributed by atoms with Crippen molar-refractivity contribution in [1.82, 2.24) is 0 Å². The lowest BCUT2D eigenvalue weighted by Crippen LogP contribution is -2.39. The highest BCUT2D eigenvalue weighted by molar-refractivity contribution is 5.95. The summed E-state index contributed by atoms with van der Waals surface area (Å²) >= 11 is 0. The molecule has 0 saturated carbocycles. The molecule has 3 rings (SSSR count). The maximum Gasteiger partial charge on any atom is 0.252 e. The molecule has 0 N–H and O–H groups in total. The lowest BCUT2D eigenvalue weighted by molar-refractivity contribution is -0.124. The first-order valence-corrected chi connectivity index (χ1v) is 7.84. The highest BCUT2D eigenvalue weighted by atomic mass is 16.5. The molecule has 1 aromatic carbocycles. The SMILES string of the molecule is CC1CCN(C(=O)COCC2CCCO2)c2ccccc21. The first-order valence-electron chi connectivity index (χ1n) is 7.84. The number of ether oxygens (including phenoxy) is 2. The molecule has 2 heterocycles. The van der Waals surface area contributed by atoms with E-state index in [2.05, 4.69) is 13.0 Å². The smallest absolute Gasteiger partial charge is 0.252 e. The molecule has 2 aliphatic rings. The van der Waals surface area contributed by atoms with Gasteiger partial charge < -0.3 is 14.4 Å². The van der Waals surface area contributed by atoms with Crippen molar-refractivity contribution >= 4 is 11.6 Å². The zero-order valence-electron chi connectivity index (χ0n) is 12.6. The Morgan fingerprint density at radius 1 is 1.38 bits per heavy atom. The van der Waals surface area contributed by atoms with Gasteiger partial charge in [0, 0.05) is 18.8 Å². The van der Waals surface area contributed by atoms with Crippen molar-refractivity contribution in [2.24, 2.45) is 0 Å². The van der Waals surface area contributed by atoms with Crippen LogP contribution in [0.15, 0.2) is 24.3 Å². The molecule has 1 aromatic rings. The minimum Gasteiger partial charge on any atom is -0.376 e. The third kappa shape index (κ3) is 3.27. The maximum absolute atomic E-state index is 12.4. The average Bonchev–Trinajstić information content (AvgIpc) is 3.01. The number of amides is 1. The van der Waals surface area contributed by atoms with Gasteiger partial charge in [0.1, 0.15) is 6.61 Å². The molecule has 1 fully saturated rings. The van der Waals surface area contributed by atoms with Crippen molar-refractivity contribution in [3.8, 4) is 0 Å². The first-order chi connectivity index (χ1) is 10.3. The van der Waals surface area contributed by atoms with Crippen LogP contribution in [0.3, 0.4) is 0 Å². The number of rotatable bonds is 4. The van der Waals surface area contributed by atoms with Crippen LogP contribution >= 0.6 is 0 Å². The largest absolute Gasteiger partial charge is 0.376 e. The Balaban J connectivity index is 1.58. The van der Waals surface area contributed by atoms with E-state index >= 15 is 0 Å². The van der Waals surface area contributed by atoms with Crippen LogP contribution in [0.25, 0.3) is 0 Å². The van der Waals surface area contributed by atoms with E-state index in [0.717, 1.165) is 38.1 Å². The van der Waals surface area contributed by atoms with Crippen LogP contribution in [0.2, 0.25) is 0 Å². The van der Waals surface area contributed by atoms with Crippen molar-refractivity contribution in [1.29, 1.82) is 0 Å². The highest BCUT2D eigenvalue weighted by Gasteiger charge is 2.26. The van der Waals surface area contributed by atoms with Crippen molar-refractivity contribution < 1.29 is 14.3 Å². The first kappa shape index (κ1) is 14.5. The standard InChI is InChI=1S/C17H23NO3/c1-13-8-9-18(16-7-3-2-6-15(13)16)17(19)12-20-11-14-5-4-10-21-14/h2-3,6-7,13-14H,4-5,8-12H2,1H3. The van der Waals surface area contributed by atoms with Crippen LogP contribution in [0.5, 0.6) is 0 Å². The van der Waals surface area contributed by atoms with E-state index in [1.165, 1.54) is 5.56 Å². The van der Waals surface area contributed by atoms with Crippen molar-refractivity contribution in [3.05, 3.63) is 29.8 Å². The monoisotopic (exact) mass is 289 g/mol. The molecule has 2 unspecified atom stereocenters. The van der Waals surface area contributed by atoms with E-state index in [-0.39, 0.29) is 18.6 Å². The number of hydrogen-bond donors (Lipinski definition) is 0. The number of anilines is 1. The Kier molecular flexibility index (Phi) is 4.56. The molecule has 2 aliphatic heterocycles. The van der Waals surface area contributed by atoms with Crippen LogP contribution < -0.4 is 4.90 Å². The van der Waals surface area contributed by atoms with Crippen LogP contribution in [0, 0.1) is 0 Å². The molecule has 4 heteroatoms. The lowest BCUT2D eigenvalue weighted by Gasteiger charge is -2.33. The summed E-state index contributed by atoms with van der Waals surface area (Å²) in [5.74, 6) is 0.561. The number of benzene rings is 1. The normalized spacial score (nSPS) is 24.9. The molecule has 0 aliphatic carbocycles. The van der Waals surface area contributed by atoms with E-state index < -0.39 is 0 Å². The molecule has 4 nitrogen and oxygen atoms in total. The van der Waals surface area contributed by atoms with Crippen LogP contribution in [-0.2, 0) is 14.3 Å². The van der Waals surface area contributed by atoms with Gasteiger partial charge in [0.05, 0.1) is 12.7 Å². The third-order valence-electron chi connectivity index (χ3n) is 4.40. The fourth-order valence-electron chi connectivity index (χ4n) is 3.14. The Morgan fingerprint density at radius 2 is 2.24 bits per heavy atom. The van der Waals surface area contributed by atoms with E-state index in [9.17, 15) is 4.79 Å². The van der Waals surface area contributed by atoms with E-state index in [0.29, 0.717) is 12.5 Å². The molecule has 0 spiro atoms. The fourth-order valence-corrected chi connectivity index (χ4v) is 3.14. The van der Waals surface area contributed by atoms with Gasteiger partial charge in [-0.1, -0.05) is 25.1 Å². The second kappa shape index (κ2) is 6.58. The van der Waals surface area contributed by atoms with Gasteiger partial charge in [-0.2, -0.15) is 0 Å². The summed E-state index contributed by atoms with van der Waals surface area (Å²) < 4.78 is 11.1. The molecular weight excluding hydrogens is 266 g/mol. The number of para-hydroxylation sites is 1. The predicted octanol–water partition coefficient (Wildman–Crippen LogP) is 2.72. The van der Waals surface area contributed by atoms with Gasteiger partial charge in [-0.05, 0) is 36.8 Å². The van der Waals surface area contributed by atoms with Gasteiger partial charge in [0.25, 0.3) is 5.91 Å².